The van der Waals surface area contributed by atoms with E-state index >= 15 is 0 Å². The van der Waals surface area contributed by atoms with Gasteiger partial charge in [0.05, 0.1) is 25.5 Å². The standard InChI is InChI=1S/C25H23NO5/c1-15-10-11-16(2)18(13-15)23(27)21-22(20-9-6-12-31-20)26(25(29)24(21)28)14-17-7-4-5-8-19(17)30-3/h4-13,22,27H,14H2,1-3H3/b23-21-. The summed E-state index contributed by atoms with van der Waals surface area (Å²) in [5, 5.41) is 11.2. The van der Waals surface area contributed by atoms with Crippen molar-refractivity contribution in [3.63, 3.8) is 0 Å². The predicted molar refractivity (Wildman–Crippen MR) is 115 cm³/mol. The van der Waals surface area contributed by atoms with Crippen molar-refractivity contribution in [2.75, 3.05) is 7.11 Å². The Kier molecular flexibility index (Phi) is 5.38. The number of aryl methyl sites for hydroxylation is 2. The average Bonchev–Trinajstić information content (AvgIpc) is 3.38. The smallest absolute Gasteiger partial charge is 0.296 e. The molecule has 1 atom stereocenters. The molecule has 31 heavy (non-hydrogen) atoms. The van der Waals surface area contributed by atoms with Gasteiger partial charge in [-0.15, -0.1) is 0 Å². The molecule has 1 amide bonds. The van der Waals surface area contributed by atoms with Crippen molar-refractivity contribution in [3.05, 3.63) is 94.4 Å². The van der Waals surface area contributed by atoms with E-state index < -0.39 is 17.7 Å². The predicted octanol–water partition coefficient (Wildman–Crippen LogP) is 4.53. The molecular weight excluding hydrogens is 394 g/mol. The Hall–Kier alpha value is -3.80. The van der Waals surface area contributed by atoms with Crippen LogP contribution in [0, 0.1) is 13.8 Å². The number of ether oxygens (including phenoxy) is 1. The van der Waals surface area contributed by atoms with E-state index in [-0.39, 0.29) is 17.9 Å². The van der Waals surface area contributed by atoms with Gasteiger partial charge in [0, 0.05) is 11.1 Å². The quantitative estimate of drug-likeness (QED) is 0.375. The maximum absolute atomic E-state index is 13.1. The lowest BCUT2D eigenvalue weighted by molar-refractivity contribution is -0.140. The first-order valence-electron chi connectivity index (χ1n) is 9.93. The van der Waals surface area contributed by atoms with Gasteiger partial charge in [-0.1, -0.05) is 35.9 Å². The van der Waals surface area contributed by atoms with E-state index in [1.165, 1.54) is 11.2 Å². The summed E-state index contributed by atoms with van der Waals surface area (Å²) >= 11 is 0. The van der Waals surface area contributed by atoms with Crippen LogP contribution in [0.5, 0.6) is 5.75 Å². The van der Waals surface area contributed by atoms with Gasteiger partial charge >= 0.3 is 0 Å². The normalized spacial score (nSPS) is 17.9. The van der Waals surface area contributed by atoms with Crippen LogP contribution in [0.25, 0.3) is 5.76 Å². The fourth-order valence-corrected chi connectivity index (χ4v) is 3.94. The molecule has 0 spiro atoms. The molecule has 158 valence electrons. The highest BCUT2D eigenvalue weighted by Crippen LogP contribution is 2.41. The Morgan fingerprint density at radius 2 is 1.87 bits per heavy atom. The van der Waals surface area contributed by atoms with Crippen LogP contribution in [0.3, 0.4) is 0 Å². The summed E-state index contributed by atoms with van der Waals surface area (Å²) in [6.07, 6.45) is 1.48. The van der Waals surface area contributed by atoms with Gasteiger partial charge in [-0.25, -0.2) is 0 Å². The van der Waals surface area contributed by atoms with Crippen molar-refractivity contribution in [1.29, 1.82) is 0 Å². The summed E-state index contributed by atoms with van der Waals surface area (Å²) in [6, 6.07) is 15.4. The molecule has 3 aromatic rings. The number of carbonyl (C=O) groups is 2. The SMILES string of the molecule is COc1ccccc1CN1C(=O)C(=O)/C(=C(\O)c2cc(C)ccc2C)C1c1ccco1. The van der Waals surface area contributed by atoms with Crippen LogP contribution < -0.4 is 4.74 Å². The molecular formula is C25H23NO5. The second kappa shape index (κ2) is 8.14. The number of furan rings is 1. The van der Waals surface area contributed by atoms with E-state index in [4.69, 9.17) is 9.15 Å². The number of aliphatic hydroxyl groups excluding tert-OH is 1. The average molecular weight is 417 g/mol. The third-order valence-corrected chi connectivity index (χ3v) is 5.53. The number of aliphatic hydroxyl groups is 1. The van der Waals surface area contributed by atoms with Crippen molar-refractivity contribution in [2.24, 2.45) is 0 Å². The highest BCUT2D eigenvalue weighted by atomic mass is 16.5. The van der Waals surface area contributed by atoms with Gasteiger partial charge < -0.3 is 19.2 Å². The van der Waals surface area contributed by atoms with Crippen LogP contribution >= 0.6 is 0 Å². The molecule has 1 saturated heterocycles. The van der Waals surface area contributed by atoms with Crippen LogP contribution in [-0.2, 0) is 16.1 Å². The van der Waals surface area contributed by atoms with Crippen molar-refractivity contribution in [3.8, 4) is 5.75 Å². The topological polar surface area (TPSA) is 80.0 Å². The van der Waals surface area contributed by atoms with Gasteiger partial charge in [-0.05, 0) is 43.7 Å². The van der Waals surface area contributed by atoms with E-state index in [1.807, 2.05) is 44.2 Å². The van der Waals surface area contributed by atoms with Gasteiger partial charge in [-0.3, -0.25) is 9.59 Å². The van der Waals surface area contributed by atoms with Crippen molar-refractivity contribution >= 4 is 17.4 Å². The summed E-state index contributed by atoms with van der Waals surface area (Å²) in [4.78, 5) is 27.6. The number of nitrogens with zero attached hydrogens (tertiary/aromatic N) is 1. The highest BCUT2D eigenvalue weighted by molar-refractivity contribution is 6.46. The van der Waals surface area contributed by atoms with Gasteiger partial charge in [-0.2, -0.15) is 0 Å². The molecule has 2 aromatic carbocycles. The molecule has 1 unspecified atom stereocenters. The first-order valence-corrected chi connectivity index (χ1v) is 9.93. The van der Waals surface area contributed by atoms with Crippen LogP contribution in [0.4, 0.5) is 0 Å². The Bertz CT molecular complexity index is 1180. The van der Waals surface area contributed by atoms with Crippen molar-refractivity contribution in [1.82, 2.24) is 4.90 Å². The third-order valence-electron chi connectivity index (χ3n) is 5.53. The largest absolute Gasteiger partial charge is 0.507 e. The number of para-hydroxylation sites is 1. The maximum Gasteiger partial charge on any atom is 0.296 e. The van der Waals surface area contributed by atoms with Crippen LogP contribution in [0.1, 0.15) is 34.1 Å². The number of Topliss-reactive ketones (excluding diaryl/α,β-unsaturated/α-hetero) is 1. The number of hydrogen-bond acceptors (Lipinski definition) is 5. The Labute approximate surface area is 180 Å². The lowest BCUT2D eigenvalue weighted by Gasteiger charge is -2.24. The second-order valence-electron chi connectivity index (χ2n) is 7.57. The van der Waals surface area contributed by atoms with E-state index in [2.05, 4.69) is 0 Å². The zero-order valence-electron chi connectivity index (χ0n) is 17.6. The molecule has 0 radical (unpaired) electrons. The van der Waals surface area contributed by atoms with E-state index in [0.717, 1.165) is 16.7 Å². The number of hydrogen-bond donors (Lipinski definition) is 1. The molecule has 1 N–H and O–H groups in total. The Morgan fingerprint density at radius 3 is 2.58 bits per heavy atom. The monoisotopic (exact) mass is 417 g/mol. The highest BCUT2D eigenvalue weighted by Gasteiger charge is 2.47. The lowest BCUT2D eigenvalue weighted by atomic mass is 9.96. The van der Waals surface area contributed by atoms with E-state index in [1.54, 1.807) is 31.4 Å². The molecule has 4 rings (SSSR count). The minimum atomic E-state index is -0.847. The number of carbonyl (C=O) groups excluding carboxylic acids is 2. The molecule has 1 aliphatic heterocycles. The van der Waals surface area contributed by atoms with Gasteiger partial charge in [0.15, 0.2) is 0 Å². The third kappa shape index (κ3) is 3.61. The van der Waals surface area contributed by atoms with Crippen molar-refractivity contribution in [2.45, 2.75) is 26.4 Å². The summed E-state index contributed by atoms with van der Waals surface area (Å²) in [5.41, 5.74) is 3.02. The van der Waals surface area contributed by atoms with Gasteiger partial charge in [0.2, 0.25) is 0 Å². The fraction of sp³-hybridized carbons (Fsp3) is 0.200. The Morgan fingerprint density at radius 1 is 1.10 bits per heavy atom. The molecule has 6 heteroatoms. The van der Waals surface area contributed by atoms with Crippen LogP contribution in [0.15, 0.2) is 70.9 Å². The zero-order valence-corrected chi connectivity index (χ0v) is 17.6. The molecule has 1 aliphatic rings. The van der Waals surface area contributed by atoms with Crippen LogP contribution in [-0.4, -0.2) is 28.8 Å². The molecule has 2 heterocycles. The first-order chi connectivity index (χ1) is 14.9. The molecule has 1 fully saturated rings. The summed E-state index contributed by atoms with van der Waals surface area (Å²) in [5.74, 6) is -0.629. The van der Waals surface area contributed by atoms with E-state index in [9.17, 15) is 14.7 Å². The number of ketones is 1. The number of methoxy groups -OCH3 is 1. The van der Waals surface area contributed by atoms with Crippen molar-refractivity contribution < 1.29 is 23.8 Å². The summed E-state index contributed by atoms with van der Waals surface area (Å²) in [7, 11) is 1.55. The first kappa shape index (κ1) is 20.5. The molecule has 0 aliphatic carbocycles. The van der Waals surface area contributed by atoms with Gasteiger partial charge in [0.25, 0.3) is 11.7 Å². The number of likely N-dealkylation sites (tertiary alicyclic amines) is 1. The zero-order chi connectivity index (χ0) is 22.1. The molecule has 0 saturated carbocycles. The summed E-state index contributed by atoms with van der Waals surface area (Å²) < 4.78 is 11.0. The second-order valence-corrected chi connectivity index (χ2v) is 7.57. The molecule has 0 bridgehead atoms. The summed E-state index contributed by atoms with van der Waals surface area (Å²) in [6.45, 7) is 3.88. The van der Waals surface area contributed by atoms with Crippen LogP contribution in [0.2, 0.25) is 0 Å². The fourth-order valence-electron chi connectivity index (χ4n) is 3.94. The number of rotatable bonds is 5. The minimum absolute atomic E-state index is 0.0172. The number of amides is 1. The number of benzene rings is 2. The van der Waals surface area contributed by atoms with Gasteiger partial charge in [0.1, 0.15) is 23.3 Å². The minimum Gasteiger partial charge on any atom is -0.507 e. The molecule has 6 nitrogen and oxygen atoms in total. The Balaban J connectivity index is 1.87. The maximum atomic E-state index is 13.1. The van der Waals surface area contributed by atoms with E-state index in [0.29, 0.717) is 17.1 Å². The molecule has 1 aromatic heterocycles. The lowest BCUT2D eigenvalue weighted by Crippen LogP contribution is -2.29.